The molecule has 2 aromatic rings. The van der Waals surface area contributed by atoms with Gasteiger partial charge in [0.25, 0.3) is 0 Å². The Morgan fingerprint density at radius 3 is 2.19 bits per heavy atom. The third-order valence-corrected chi connectivity index (χ3v) is 2.30. The van der Waals surface area contributed by atoms with E-state index in [1.807, 2.05) is 30.6 Å². The number of benzene rings is 1. The van der Waals surface area contributed by atoms with E-state index in [1.165, 1.54) is 5.56 Å². The first-order chi connectivity index (χ1) is 7.38. The Hall–Kier alpha value is -1.35. The number of rotatable bonds is 3. The van der Waals surface area contributed by atoms with Crippen molar-refractivity contribution < 1.29 is 26.3 Å². The van der Waals surface area contributed by atoms with Crippen molar-refractivity contribution in [1.82, 2.24) is 0 Å². The number of ether oxygens (including phenoxy) is 1. The van der Waals surface area contributed by atoms with E-state index in [2.05, 4.69) is 28.8 Å². The van der Waals surface area contributed by atoms with Crippen molar-refractivity contribution in [2.75, 3.05) is 7.11 Å². The number of hydrogen-bond acceptors (Lipinski definition) is 1. The van der Waals surface area contributed by atoms with Crippen molar-refractivity contribution in [3.63, 3.8) is 0 Å². The molecule has 0 amide bonds. The molecule has 0 aliphatic carbocycles. The van der Waals surface area contributed by atoms with Crippen molar-refractivity contribution in [1.29, 1.82) is 0 Å². The molecule has 1 aromatic heterocycles. The minimum atomic E-state index is 0. The van der Waals surface area contributed by atoms with Crippen LogP contribution in [0.2, 0.25) is 0 Å². The average Bonchev–Trinajstić information content (AvgIpc) is 2.31. The van der Waals surface area contributed by atoms with E-state index in [0.717, 1.165) is 12.3 Å². The van der Waals surface area contributed by atoms with Crippen LogP contribution in [0.25, 0.3) is 0 Å². The maximum atomic E-state index is 5.11. The lowest BCUT2D eigenvalue weighted by Gasteiger charge is -1.99. The van der Waals surface area contributed by atoms with Crippen LogP contribution in [0.3, 0.4) is 0 Å². The molecule has 0 saturated carbocycles. The molecular formula is C13H14BrNO. The van der Waals surface area contributed by atoms with Crippen LogP contribution < -0.4 is 26.3 Å². The Morgan fingerprint density at radius 1 is 1.00 bits per heavy atom. The zero-order chi connectivity index (χ0) is 10.5. The molecule has 2 nitrogen and oxygen atoms in total. The maximum absolute atomic E-state index is 5.11. The van der Waals surface area contributed by atoms with Gasteiger partial charge in [-0.2, -0.15) is 0 Å². The second-order valence-corrected chi connectivity index (χ2v) is 3.40. The highest BCUT2D eigenvalue weighted by Gasteiger charge is 2.01. The molecule has 0 atom stereocenters. The predicted octanol–water partition coefficient (Wildman–Crippen LogP) is -0.965. The predicted molar refractivity (Wildman–Crippen MR) is 58.7 cm³/mol. The van der Waals surface area contributed by atoms with Crippen LogP contribution in [-0.4, -0.2) is 7.11 Å². The number of pyridine rings is 1. The molecular weight excluding hydrogens is 266 g/mol. The zero-order valence-corrected chi connectivity index (χ0v) is 10.7. The van der Waals surface area contributed by atoms with Gasteiger partial charge in [-0.05, 0) is 0 Å². The van der Waals surface area contributed by atoms with Gasteiger partial charge in [0, 0.05) is 17.7 Å². The molecule has 0 spiro atoms. The highest BCUT2D eigenvalue weighted by atomic mass is 79.9. The molecule has 1 heterocycles. The SMILES string of the molecule is COc1cc[n+](Cc2ccccc2)cc1.[Br-]. The van der Waals surface area contributed by atoms with Gasteiger partial charge < -0.3 is 21.7 Å². The van der Waals surface area contributed by atoms with E-state index in [9.17, 15) is 0 Å². The van der Waals surface area contributed by atoms with Crippen molar-refractivity contribution in [2.24, 2.45) is 0 Å². The van der Waals surface area contributed by atoms with Crippen molar-refractivity contribution in [2.45, 2.75) is 6.54 Å². The topological polar surface area (TPSA) is 13.1 Å². The number of halogens is 1. The lowest BCUT2D eigenvalue weighted by atomic mass is 10.2. The smallest absolute Gasteiger partial charge is 0.173 e. The van der Waals surface area contributed by atoms with Crippen LogP contribution in [0.1, 0.15) is 5.56 Å². The van der Waals surface area contributed by atoms with E-state index in [0.29, 0.717) is 0 Å². The van der Waals surface area contributed by atoms with Gasteiger partial charge in [0.15, 0.2) is 18.9 Å². The van der Waals surface area contributed by atoms with Crippen LogP contribution in [-0.2, 0) is 6.54 Å². The molecule has 0 aliphatic heterocycles. The molecule has 3 heteroatoms. The fraction of sp³-hybridized carbons (Fsp3) is 0.154. The average molecular weight is 280 g/mol. The number of nitrogens with zero attached hydrogens (tertiary/aromatic N) is 1. The van der Waals surface area contributed by atoms with Gasteiger partial charge in [-0.3, -0.25) is 0 Å². The first kappa shape index (κ1) is 12.7. The van der Waals surface area contributed by atoms with Crippen molar-refractivity contribution in [3.8, 4) is 5.75 Å². The molecule has 0 radical (unpaired) electrons. The summed E-state index contributed by atoms with van der Waals surface area (Å²) in [5.74, 6) is 0.888. The van der Waals surface area contributed by atoms with Crippen LogP contribution in [0, 0.1) is 0 Å². The summed E-state index contributed by atoms with van der Waals surface area (Å²) in [5.41, 5.74) is 1.30. The van der Waals surface area contributed by atoms with Crippen LogP contribution in [0.15, 0.2) is 54.9 Å². The van der Waals surface area contributed by atoms with Crippen molar-refractivity contribution >= 4 is 0 Å². The summed E-state index contributed by atoms with van der Waals surface area (Å²) in [4.78, 5) is 0. The molecule has 0 fully saturated rings. The summed E-state index contributed by atoms with van der Waals surface area (Å²) < 4.78 is 7.23. The molecule has 2 rings (SSSR count). The van der Waals surface area contributed by atoms with Crippen LogP contribution in [0.4, 0.5) is 0 Å². The second-order valence-electron chi connectivity index (χ2n) is 3.40. The van der Waals surface area contributed by atoms with E-state index in [4.69, 9.17) is 4.74 Å². The summed E-state index contributed by atoms with van der Waals surface area (Å²) in [6.07, 6.45) is 4.04. The van der Waals surface area contributed by atoms with Crippen LogP contribution in [0.5, 0.6) is 5.75 Å². The third-order valence-electron chi connectivity index (χ3n) is 2.30. The molecule has 0 bridgehead atoms. The lowest BCUT2D eigenvalue weighted by Crippen LogP contribution is -3.00. The maximum Gasteiger partial charge on any atom is 0.173 e. The Balaban J connectivity index is 0.00000128. The lowest BCUT2D eigenvalue weighted by molar-refractivity contribution is -0.688. The third kappa shape index (κ3) is 3.35. The number of methoxy groups -OCH3 is 1. The summed E-state index contributed by atoms with van der Waals surface area (Å²) in [6.45, 7) is 0.894. The second kappa shape index (κ2) is 6.28. The Labute approximate surface area is 106 Å². The first-order valence-corrected chi connectivity index (χ1v) is 4.95. The molecule has 16 heavy (non-hydrogen) atoms. The fourth-order valence-electron chi connectivity index (χ4n) is 1.48. The monoisotopic (exact) mass is 279 g/mol. The van der Waals surface area contributed by atoms with Gasteiger partial charge in [-0.25, -0.2) is 4.57 Å². The Kier molecular flexibility index (Phi) is 4.99. The quantitative estimate of drug-likeness (QED) is 0.660. The summed E-state index contributed by atoms with van der Waals surface area (Å²) in [7, 11) is 1.68. The summed E-state index contributed by atoms with van der Waals surface area (Å²) in [6, 6.07) is 14.3. The molecule has 0 saturated heterocycles. The standard InChI is InChI=1S/C13H14NO.BrH/c1-15-13-7-9-14(10-8-13)11-12-5-3-2-4-6-12;/h2-10H,11H2,1H3;1H/q+1;/p-1. The van der Waals surface area contributed by atoms with Gasteiger partial charge in [0.2, 0.25) is 0 Å². The Bertz CT molecular complexity index is 414. The van der Waals surface area contributed by atoms with Gasteiger partial charge in [0.1, 0.15) is 5.75 Å². The molecule has 0 N–H and O–H groups in total. The molecule has 0 aliphatic rings. The minimum absolute atomic E-state index is 0. The normalized spacial score (nSPS) is 9.31. The van der Waals surface area contributed by atoms with E-state index in [-0.39, 0.29) is 17.0 Å². The van der Waals surface area contributed by atoms with E-state index in [1.54, 1.807) is 7.11 Å². The fourth-order valence-corrected chi connectivity index (χ4v) is 1.48. The number of hydrogen-bond donors (Lipinski definition) is 0. The molecule has 1 aromatic carbocycles. The van der Waals surface area contributed by atoms with Gasteiger partial charge in [-0.1, -0.05) is 30.3 Å². The highest BCUT2D eigenvalue weighted by Crippen LogP contribution is 2.04. The van der Waals surface area contributed by atoms with Gasteiger partial charge in [0.05, 0.1) is 7.11 Å². The van der Waals surface area contributed by atoms with Crippen LogP contribution >= 0.6 is 0 Å². The van der Waals surface area contributed by atoms with Gasteiger partial charge >= 0.3 is 0 Å². The summed E-state index contributed by atoms with van der Waals surface area (Å²) >= 11 is 0. The number of aromatic nitrogens is 1. The highest BCUT2D eigenvalue weighted by molar-refractivity contribution is 5.15. The Morgan fingerprint density at radius 2 is 1.62 bits per heavy atom. The zero-order valence-electron chi connectivity index (χ0n) is 9.14. The molecule has 0 unspecified atom stereocenters. The molecule has 84 valence electrons. The first-order valence-electron chi connectivity index (χ1n) is 4.95. The van der Waals surface area contributed by atoms with Crippen molar-refractivity contribution in [3.05, 3.63) is 60.4 Å². The van der Waals surface area contributed by atoms with E-state index >= 15 is 0 Å². The van der Waals surface area contributed by atoms with Gasteiger partial charge in [-0.15, -0.1) is 0 Å². The summed E-state index contributed by atoms with van der Waals surface area (Å²) in [5, 5.41) is 0. The minimum Gasteiger partial charge on any atom is -1.00 e. The largest absolute Gasteiger partial charge is 1.00 e. The van der Waals surface area contributed by atoms with E-state index < -0.39 is 0 Å².